The van der Waals surface area contributed by atoms with E-state index in [1.54, 1.807) is 12.2 Å². The highest BCUT2D eigenvalue weighted by Gasteiger charge is 2.35. The summed E-state index contributed by atoms with van der Waals surface area (Å²) in [6, 6.07) is 6.33. The number of carbonyl (C=O) groups is 4. The number of ether oxygens (including phenoxy) is 3. The van der Waals surface area contributed by atoms with Crippen molar-refractivity contribution in [3.05, 3.63) is 60.7 Å². The van der Waals surface area contributed by atoms with E-state index in [4.69, 9.17) is 14.2 Å². The van der Waals surface area contributed by atoms with Gasteiger partial charge >= 0.3 is 5.97 Å². The van der Waals surface area contributed by atoms with E-state index in [1.165, 1.54) is 13.2 Å². The van der Waals surface area contributed by atoms with E-state index in [2.05, 4.69) is 22.5 Å². The fraction of sp³-hybridized carbons (Fsp3) is 0.481. The summed E-state index contributed by atoms with van der Waals surface area (Å²) in [5, 5.41) is 8.28. The molecule has 0 radical (unpaired) electrons. The SMILES string of the molecule is C=CCOC[C@H](NC(=O)[C@H](COC)NC(=O)[C@@H]1CC(C(=O)C=CCC)CN1)C(=O)OCc1ccccc1. The molecule has 2 amide bonds. The quantitative estimate of drug-likeness (QED) is 0.129. The average Bonchev–Trinajstić information content (AvgIpc) is 3.41. The molecule has 0 bridgehead atoms. The second-order valence-electron chi connectivity index (χ2n) is 8.60. The maximum atomic E-state index is 13.0. The van der Waals surface area contributed by atoms with Gasteiger partial charge in [0.1, 0.15) is 12.6 Å². The van der Waals surface area contributed by atoms with Gasteiger partial charge in [0.2, 0.25) is 11.8 Å². The van der Waals surface area contributed by atoms with Crippen molar-refractivity contribution in [2.24, 2.45) is 5.92 Å². The van der Waals surface area contributed by atoms with E-state index in [0.29, 0.717) is 13.0 Å². The number of ketones is 1. The van der Waals surface area contributed by atoms with Crippen LogP contribution in [0.5, 0.6) is 0 Å². The van der Waals surface area contributed by atoms with Crippen LogP contribution in [0.4, 0.5) is 0 Å². The molecule has 0 saturated carbocycles. The van der Waals surface area contributed by atoms with Crippen molar-refractivity contribution in [3.8, 4) is 0 Å². The first-order chi connectivity index (χ1) is 17.9. The number of methoxy groups -OCH3 is 1. The van der Waals surface area contributed by atoms with Crippen LogP contribution in [0.2, 0.25) is 0 Å². The first-order valence-electron chi connectivity index (χ1n) is 12.3. The Labute approximate surface area is 217 Å². The van der Waals surface area contributed by atoms with Crippen molar-refractivity contribution in [3.63, 3.8) is 0 Å². The zero-order valence-electron chi connectivity index (χ0n) is 21.4. The predicted molar refractivity (Wildman–Crippen MR) is 137 cm³/mol. The van der Waals surface area contributed by atoms with Crippen LogP contribution in [0.15, 0.2) is 55.1 Å². The number of benzene rings is 1. The van der Waals surface area contributed by atoms with Crippen molar-refractivity contribution in [2.75, 3.05) is 33.5 Å². The van der Waals surface area contributed by atoms with Crippen LogP contribution in [0, 0.1) is 5.92 Å². The minimum absolute atomic E-state index is 0.0341. The second-order valence-corrected chi connectivity index (χ2v) is 8.60. The summed E-state index contributed by atoms with van der Waals surface area (Å²) in [7, 11) is 1.40. The Balaban J connectivity index is 1.98. The van der Waals surface area contributed by atoms with Crippen molar-refractivity contribution in [1.29, 1.82) is 0 Å². The molecule has 1 saturated heterocycles. The van der Waals surface area contributed by atoms with Crippen LogP contribution in [0.1, 0.15) is 25.3 Å². The number of rotatable bonds is 16. The normalized spacial score (nSPS) is 18.6. The number of nitrogens with one attached hydrogen (secondary N) is 3. The van der Waals surface area contributed by atoms with Crippen molar-refractivity contribution < 1.29 is 33.4 Å². The topological polar surface area (TPSA) is 132 Å². The molecule has 3 N–H and O–H groups in total. The van der Waals surface area contributed by atoms with Crippen molar-refractivity contribution >= 4 is 23.6 Å². The summed E-state index contributed by atoms with van der Waals surface area (Å²) in [6.07, 6.45) is 5.92. The van der Waals surface area contributed by atoms with E-state index in [1.807, 2.05) is 37.3 Å². The molecule has 1 unspecified atom stereocenters. The van der Waals surface area contributed by atoms with Gasteiger partial charge in [-0.05, 0) is 24.5 Å². The first-order valence-corrected chi connectivity index (χ1v) is 12.3. The van der Waals surface area contributed by atoms with Crippen LogP contribution >= 0.6 is 0 Å². The Morgan fingerprint density at radius 1 is 1.14 bits per heavy atom. The Hall–Kier alpha value is -3.34. The minimum Gasteiger partial charge on any atom is -0.459 e. The minimum atomic E-state index is -1.11. The summed E-state index contributed by atoms with van der Waals surface area (Å²) in [6.45, 7) is 5.84. The largest absolute Gasteiger partial charge is 0.459 e. The molecule has 202 valence electrons. The molecule has 10 heteroatoms. The third-order valence-corrected chi connectivity index (χ3v) is 5.68. The highest BCUT2D eigenvalue weighted by Crippen LogP contribution is 2.16. The van der Waals surface area contributed by atoms with Gasteiger partial charge in [-0.1, -0.05) is 49.4 Å². The highest BCUT2D eigenvalue weighted by atomic mass is 16.5. The maximum absolute atomic E-state index is 13.0. The van der Waals surface area contributed by atoms with Crippen LogP contribution in [-0.2, 0) is 40.0 Å². The standard InChI is InChI=1S/C27H37N3O7/c1-4-6-12-24(31)20-14-21(28-15-20)25(32)29-22(17-35-3)26(33)30-23(18-36-13-5-2)27(34)37-16-19-10-8-7-9-11-19/h5-12,20-23,28H,2,4,13-18H2,1,3H3,(H,29,32)(H,30,33)/t20?,21-,22-,23-/m0/s1. The molecule has 1 aliphatic rings. The molecule has 1 heterocycles. The Morgan fingerprint density at radius 3 is 2.57 bits per heavy atom. The lowest BCUT2D eigenvalue weighted by atomic mass is 9.99. The first kappa shape index (κ1) is 29.9. The van der Waals surface area contributed by atoms with Gasteiger partial charge in [-0.25, -0.2) is 4.79 Å². The van der Waals surface area contributed by atoms with Gasteiger partial charge in [-0.3, -0.25) is 14.4 Å². The fourth-order valence-corrected chi connectivity index (χ4v) is 3.68. The molecule has 0 spiro atoms. The average molecular weight is 516 g/mol. The van der Waals surface area contributed by atoms with Crippen molar-refractivity contribution in [2.45, 2.75) is 44.5 Å². The number of hydrogen-bond acceptors (Lipinski definition) is 8. The molecule has 4 atom stereocenters. The number of carbonyl (C=O) groups excluding carboxylic acids is 4. The molecule has 10 nitrogen and oxygen atoms in total. The molecule has 1 aromatic carbocycles. The van der Waals surface area contributed by atoms with E-state index < -0.39 is 35.9 Å². The molecule has 37 heavy (non-hydrogen) atoms. The third kappa shape index (κ3) is 10.3. The molecule has 1 aliphatic heterocycles. The number of hydrogen-bond donors (Lipinski definition) is 3. The summed E-state index contributed by atoms with van der Waals surface area (Å²) in [5.74, 6) is -2.08. The molecule has 0 aliphatic carbocycles. The summed E-state index contributed by atoms with van der Waals surface area (Å²) < 4.78 is 15.9. The summed E-state index contributed by atoms with van der Waals surface area (Å²) in [5.41, 5.74) is 0.795. The lowest BCUT2D eigenvalue weighted by molar-refractivity contribution is -0.151. The zero-order chi connectivity index (χ0) is 27.0. The van der Waals surface area contributed by atoms with E-state index >= 15 is 0 Å². The molecule has 1 aromatic rings. The van der Waals surface area contributed by atoms with Crippen LogP contribution < -0.4 is 16.0 Å². The monoisotopic (exact) mass is 515 g/mol. The van der Waals surface area contributed by atoms with Crippen LogP contribution in [0.3, 0.4) is 0 Å². The zero-order valence-corrected chi connectivity index (χ0v) is 21.4. The van der Waals surface area contributed by atoms with Gasteiger partial charge in [0.05, 0.1) is 25.9 Å². The fourth-order valence-electron chi connectivity index (χ4n) is 3.68. The molecule has 0 aromatic heterocycles. The Kier molecular flexibility index (Phi) is 13.3. The number of amides is 2. The predicted octanol–water partition coefficient (Wildman–Crippen LogP) is 1.06. The van der Waals surface area contributed by atoms with E-state index in [0.717, 1.165) is 12.0 Å². The van der Waals surface area contributed by atoms with Gasteiger partial charge in [0, 0.05) is 19.6 Å². The van der Waals surface area contributed by atoms with E-state index in [-0.39, 0.29) is 38.1 Å². The summed E-state index contributed by atoms with van der Waals surface area (Å²) >= 11 is 0. The van der Waals surface area contributed by atoms with Crippen LogP contribution in [-0.4, -0.2) is 75.2 Å². The Bertz CT molecular complexity index is 935. The molecule has 2 rings (SSSR count). The van der Waals surface area contributed by atoms with Gasteiger partial charge in [-0.15, -0.1) is 6.58 Å². The van der Waals surface area contributed by atoms with Crippen LogP contribution in [0.25, 0.3) is 0 Å². The molecule has 1 fully saturated rings. The lowest BCUT2D eigenvalue weighted by Gasteiger charge is -2.23. The molecular weight excluding hydrogens is 478 g/mol. The lowest BCUT2D eigenvalue weighted by Crippen LogP contribution is -2.56. The maximum Gasteiger partial charge on any atom is 0.331 e. The summed E-state index contributed by atoms with van der Waals surface area (Å²) in [4.78, 5) is 50.8. The number of esters is 1. The van der Waals surface area contributed by atoms with Gasteiger partial charge in [0.25, 0.3) is 0 Å². The smallest absolute Gasteiger partial charge is 0.331 e. The van der Waals surface area contributed by atoms with Crippen molar-refractivity contribution in [1.82, 2.24) is 16.0 Å². The van der Waals surface area contributed by atoms with E-state index in [9.17, 15) is 19.2 Å². The van der Waals surface area contributed by atoms with Gasteiger partial charge in [0.15, 0.2) is 11.8 Å². The second kappa shape index (κ2) is 16.4. The Morgan fingerprint density at radius 2 is 1.89 bits per heavy atom. The molecular formula is C27H37N3O7. The highest BCUT2D eigenvalue weighted by molar-refractivity contribution is 5.95. The van der Waals surface area contributed by atoms with Gasteiger partial charge in [-0.2, -0.15) is 0 Å². The van der Waals surface area contributed by atoms with Gasteiger partial charge < -0.3 is 30.2 Å². The third-order valence-electron chi connectivity index (χ3n) is 5.68. The number of allylic oxidation sites excluding steroid dienone is 2.